The predicted octanol–water partition coefficient (Wildman–Crippen LogP) is 5.73. The lowest BCUT2D eigenvalue weighted by molar-refractivity contribution is 0.290. The predicted molar refractivity (Wildman–Crippen MR) is 115 cm³/mol. The van der Waals surface area contributed by atoms with Crippen LogP contribution in [0.1, 0.15) is 30.5 Å². The summed E-state index contributed by atoms with van der Waals surface area (Å²) in [5, 5.41) is 13.4. The number of hydrogen-bond acceptors (Lipinski definition) is 6. The van der Waals surface area contributed by atoms with Gasteiger partial charge in [0.05, 0.1) is 0 Å². The van der Waals surface area contributed by atoms with Gasteiger partial charge in [0.25, 0.3) is 0 Å². The first kappa shape index (κ1) is 21.3. The van der Waals surface area contributed by atoms with Crippen molar-refractivity contribution in [3.05, 3.63) is 71.3 Å². The number of thioether (sulfide) groups is 1. The van der Waals surface area contributed by atoms with Gasteiger partial charge in [-0.25, -0.2) is 4.98 Å². The summed E-state index contributed by atoms with van der Waals surface area (Å²) in [7, 11) is 0. The summed E-state index contributed by atoms with van der Waals surface area (Å²) in [4.78, 5) is 8.79. The van der Waals surface area contributed by atoms with Crippen LogP contribution in [0.25, 0.3) is 0 Å². The van der Waals surface area contributed by atoms with Gasteiger partial charge in [0.2, 0.25) is 5.88 Å². The topological polar surface area (TPSA) is 70.8 Å². The Hall–Kier alpha value is -3.04. The summed E-state index contributed by atoms with van der Waals surface area (Å²) >= 11 is 1.40. The van der Waals surface area contributed by atoms with E-state index in [0.29, 0.717) is 23.1 Å². The molecule has 1 N–H and O–H groups in total. The molecule has 0 saturated carbocycles. The van der Waals surface area contributed by atoms with Gasteiger partial charge >= 0.3 is 0 Å². The molecule has 28 heavy (non-hydrogen) atoms. The van der Waals surface area contributed by atoms with Crippen LogP contribution in [0.3, 0.4) is 0 Å². The molecule has 2 aromatic carbocycles. The molecule has 3 aromatic rings. The number of anilines is 2. The minimum absolute atomic E-state index is 0.283. The average molecular weight is 393 g/mol. The highest BCUT2D eigenvalue weighted by molar-refractivity contribution is 7.98. The van der Waals surface area contributed by atoms with Crippen LogP contribution in [0.4, 0.5) is 11.5 Å². The Kier molecular flexibility index (Phi) is 8.32. The maximum absolute atomic E-state index is 9.63. The van der Waals surface area contributed by atoms with Gasteiger partial charge in [-0.2, -0.15) is 10.2 Å². The van der Waals surface area contributed by atoms with E-state index in [4.69, 9.17) is 4.74 Å². The van der Waals surface area contributed by atoms with Crippen molar-refractivity contribution in [1.29, 1.82) is 5.26 Å². The fourth-order valence-corrected chi connectivity index (χ4v) is 2.66. The molecule has 0 fully saturated rings. The molecule has 0 bridgehead atoms. The number of nitriles is 1. The van der Waals surface area contributed by atoms with E-state index < -0.39 is 0 Å². The van der Waals surface area contributed by atoms with E-state index in [-0.39, 0.29) is 5.88 Å². The summed E-state index contributed by atoms with van der Waals surface area (Å²) in [6, 6.07) is 19.8. The van der Waals surface area contributed by atoms with Crippen molar-refractivity contribution in [2.45, 2.75) is 32.5 Å². The molecule has 1 heterocycles. The molecule has 0 aliphatic rings. The molecule has 3 rings (SSSR count). The molecule has 144 valence electrons. The van der Waals surface area contributed by atoms with E-state index in [1.54, 1.807) is 0 Å². The van der Waals surface area contributed by atoms with E-state index in [2.05, 4.69) is 21.4 Å². The monoisotopic (exact) mass is 392 g/mol. The zero-order chi connectivity index (χ0) is 20.4. The largest absolute Gasteiger partial charge is 0.472 e. The summed E-state index contributed by atoms with van der Waals surface area (Å²) in [6.07, 6.45) is 1.89. The van der Waals surface area contributed by atoms with E-state index in [1.165, 1.54) is 11.8 Å². The second kappa shape index (κ2) is 11.0. The third-order valence-electron chi connectivity index (χ3n) is 3.68. The summed E-state index contributed by atoms with van der Waals surface area (Å²) < 4.78 is 5.83. The van der Waals surface area contributed by atoms with Crippen molar-refractivity contribution in [3.8, 4) is 11.9 Å². The fourth-order valence-electron chi connectivity index (χ4n) is 2.31. The highest BCUT2D eigenvalue weighted by Crippen LogP contribution is 2.28. The molecule has 0 unspecified atom stereocenters. The van der Waals surface area contributed by atoms with Gasteiger partial charge in [0.1, 0.15) is 12.7 Å². The number of benzene rings is 2. The van der Waals surface area contributed by atoms with Crippen molar-refractivity contribution in [1.82, 2.24) is 9.97 Å². The third kappa shape index (κ3) is 5.73. The SMILES string of the molecule is CC.CSc1nc(Nc2ccc(C)cc2)c(C#N)c(OCc2ccccc2)n1. The third-order valence-corrected chi connectivity index (χ3v) is 4.23. The lowest BCUT2D eigenvalue weighted by Gasteiger charge is -2.13. The molecular weight excluding hydrogens is 368 g/mol. The maximum atomic E-state index is 9.63. The summed E-state index contributed by atoms with van der Waals surface area (Å²) in [5.74, 6) is 0.726. The first-order valence-electron chi connectivity index (χ1n) is 9.06. The number of hydrogen-bond donors (Lipinski definition) is 1. The molecule has 6 heteroatoms. The molecule has 0 aliphatic heterocycles. The van der Waals surface area contributed by atoms with Crippen LogP contribution in [0.2, 0.25) is 0 Å². The molecule has 0 radical (unpaired) electrons. The lowest BCUT2D eigenvalue weighted by Crippen LogP contribution is -2.06. The van der Waals surface area contributed by atoms with Crippen LogP contribution in [-0.4, -0.2) is 16.2 Å². The minimum Gasteiger partial charge on any atom is -0.472 e. The molecule has 1 aromatic heterocycles. The van der Waals surface area contributed by atoms with E-state index in [9.17, 15) is 5.26 Å². The highest BCUT2D eigenvalue weighted by Gasteiger charge is 2.16. The molecule has 0 atom stereocenters. The van der Waals surface area contributed by atoms with Crippen LogP contribution in [-0.2, 0) is 6.61 Å². The van der Waals surface area contributed by atoms with Crippen molar-refractivity contribution < 1.29 is 4.74 Å². The average Bonchev–Trinajstić information content (AvgIpc) is 2.75. The fraction of sp³-hybridized carbons (Fsp3) is 0.227. The zero-order valence-corrected chi connectivity index (χ0v) is 17.4. The number of aryl methyl sites for hydroxylation is 1. The first-order valence-corrected chi connectivity index (χ1v) is 10.3. The lowest BCUT2D eigenvalue weighted by atomic mass is 10.2. The van der Waals surface area contributed by atoms with Crippen LogP contribution < -0.4 is 10.1 Å². The van der Waals surface area contributed by atoms with Crippen molar-refractivity contribution in [2.75, 3.05) is 11.6 Å². The van der Waals surface area contributed by atoms with Crippen LogP contribution in [0.15, 0.2) is 59.8 Å². The van der Waals surface area contributed by atoms with E-state index >= 15 is 0 Å². The first-order chi connectivity index (χ1) is 13.7. The number of rotatable bonds is 6. The molecule has 5 nitrogen and oxygen atoms in total. The Morgan fingerprint density at radius 1 is 1.04 bits per heavy atom. The Bertz CT molecular complexity index is 922. The van der Waals surface area contributed by atoms with Gasteiger partial charge in [-0.15, -0.1) is 0 Å². The van der Waals surface area contributed by atoms with Crippen molar-refractivity contribution in [3.63, 3.8) is 0 Å². The number of nitrogens with one attached hydrogen (secondary N) is 1. The van der Waals surface area contributed by atoms with Crippen LogP contribution >= 0.6 is 11.8 Å². The van der Waals surface area contributed by atoms with Gasteiger partial charge < -0.3 is 10.1 Å². The molecule has 0 aliphatic carbocycles. The van der Waals surface area contributed by atoms with Crippen molar-refractivity contribution >= 4 is 23.3 Å². The Morgan fingerprint density at radius 3 is 2.32 bits per heavy atom. The molecular formula is C22H24N4OS. The Balaban J connectivity index is 0.00000136. The Labute approximate surface area is 170 Å². The minimum atomic E-state index is 0.283. The number of aromatic nitrogens is 2. The standard InChI is InChI=1S/C20H18N4OS.C2H6/c1-14-8-10-16(11-9-14)22-18-17(12-21)19(24-20(23-18)26-2)25-13-15-6-4-3-5-7-15;1-2/h3-11H,13H2,1-2H3,(H,22,23,24);1-2H3. The normalized spacial score (nSPS) is 9.68. The quantitative estimate of drug-likeness (QED) is 0.427. The van der Waals surface area contributed by atoms with Crippen molar-refractivity contribution in [2.24, 2.45) is 0 Å². The molecule has 0 saturated heterocycles. The van der Waals surface area contributed by atoms with Gasteiger partial charge in [-0.3, -0.25) is 0 Å². The maximum Gasteiger partial charge on any atom is 0.238 e. The van der Waals surface area contributed by atoms with Gasteiger partial charge in [-0.1, -0.05) is 73.6 Å². The molecule has 0 spiro atoms. The zero-order valence-electron chi connectivity index (χ0n) is 16.6. The van der Waals surface area contributed by atoms with Crippen LogP contribution in [0.5, 0.6) is 5.88 Å². The molecule has 0 amide bonds. The smallest absolute Gasteiger partial charge is 0.238 e. The summed E-state index contributed by atoms with van der Waals surface area (Å²) in [5.41, 5.74) is 3.32. The summed E-state index contributed by atoms with van der Waals surface area (Å²) in [6.45, 7) is 6.36. The highest BCUT2D eigenvalue weighted by atomic mass is 32.2. The van der Waals surface area contributed by atoms with E-state index in [1.807, 2.05) is 81.6 Å². The second-order valence-corrected chi connectivity index (χ2v) is 6.39. The van der Waals surface area contributed by atoms with Gasteiger partial charge in [0, 0.05) is 5.69 Å². The second-order valence-electron chi connectivity index (χ2n) is 5.62. The van der Waals surface area contributed by atoms with Gasteiger partial charge in [-0.05, 0) is 30.9 Å². The number of nitrogens with zero attached hydrogens (tertiary/aromatic N) is 3. The van der Waals surface area contributed by atoms with Crippen LogP contribution in [0, 0.1) is 18.3 Å². The van der Waals surface area contributed by atoms with E-state index in [0.717, 1.165) is 16.8 Å². The number of ether oxygens (including phenoxy) is 1. The van der Waals surface area contributed by atoms with Gasteiger partial charge in [0.15, 0.2) is 16.5 Å². The Morgan fingerprint density at radius 2 is 1.71 bits per heavy atom.